The van der Waals surface area contributed by atoms with E-state index in [1.807, 2.05) is 30.5 Å². The van der Waals surface area contributed by atoms with Gasteiger partial charge in [0.1, 0.15) is 0 Å². The van der Waals surface area contributed by atoms with Crippen molar-refractivity contribution >= 4 is 16.9 Å². The van der Waals surface area contributed by atoms with Crippen LogP contribution in [0.15, 0.2) is 48.7 Å². The molecule has 1 aromatic heterocycles. The van der Waals surface area contributed by atoms with Crippen LogP contribution in [0.5, 0.6) is 0 Å². The highest BCUT2D eigenvalue weighted by Gasteiger charge is 2.15. The number of aromatic carboxylic acids is 1. The van der Waals surface area contributed by atoms with E-state index < -0.39 is 5.97 Å². The summed E-state index contributed by atoms with van der Waals surface area (Å²) in [6.07, 6.45) is 2.20. The lowest BCUT2D eigenvalue weighted by Crippen LogP contribution is -2.01. The number of carboxylic acid groups (broad SMARTS) is 1. The van der Waals surface area contributed by atoms with Gasteiger partial charge in [-0.15, -0.1) is 0 Å². The van der Waals surface area contributed by atoms with Crippen molar-refractivity contribution in [3.05, 3.63) is 59.8 Å². The third kappa shape index (κ3) is 2.96. The number of carboxylic acids is 1. The summed E-state index contributed by atoms with van der Waals surface area (Å²) >= 11 is 0. The molecule has 3 N–H and O–H groups in total. The molecule has 2 aromatic carbocycles. The first kappa shape index (κ1) is 14.9. The summed E-state index contributed by atoms with van der Waals surface area (Å²) in [5.41, 5.74) is 3.20. The molecule has 4 nitrogen and oxygen atoms in total. The van der Waals surface area contributed by atoms with Crippen LogP contribution in [0.3, 0.4) is 0 Å². The highest BCUT2D eigenvalue weighted by Crippen LogP contribution is 2.30. The summed E-state index contributed by atoms with van der Waals surface area (Å²) < 4.78 is 0. The molecule has 23 heavy (non-hydrogen) atoms. The largest absolute Gasteiger partial charge is 0.478 e. The Morgan fingerprint density at radius 2 is 2.04 bits per heavy atom. The van der Waals surface area contributed by atoms with E-state index in [1.54, 1.807) is 18.2 Å². The van der Waals surface area contributed by atoms with E-state index in [0.29, 0.717) is 17.5 Å². The molecule has 4 heteroatoms. The zero-order chi connectivity index (χ0) is 16.2. The van der Waals surface area contributed by atoms with Crippen LogP contribution in [0.2, 0.25) is 0 Å². The molecule has 0 spiro atoms. The van der Waals surface area contributed by atoms with E-state index in [0.717, 1.165) is 16.5 Å². The van der Waals surface area contributed by atoms with Gasteiger partial charge in [0.2, 0.25) is 0 Å². The first-order valence-electron chi connectivity index (χ1n) is 7.24. The molecule has 0 atom stereocenters. The molecule has 3 rings (SSSR count). The summed E-state index contributed by atoms with van der Waals surface area (Å²) in [5.74, 6) is 4.84. The minimum atomic E-state index is -0.989. The Bertz CT molecular complexity index is 928. The lowest BCUT2D eigenvalue weighted by molar-refractivity contribution is 0.0697. The first-order valence-corrected chi connectivity index (χ1v) is 7.24. The maximum atomic E-state index is 11.6. The smallest absolute Gasteiger partial charge is 0.336 e. The zero-order valence-electron chi connectivity index (χ0n) is 12.3. The Kier molecular flexibility index (Phi) is 4.13. The third-order valence-electron chi connectivity index (χ3n) is 3.60. The molecule has 0 aliphatic rings. The standard InChI is InChI=1S/C19H15NO3/c21-11-2-1-4-14-5-3-6-16(19(22)23)18(14)15-8-7-13-9-10-20-17(13)12-15/h3,5-10,12,20-21H,2,11H2,(H,22,23). The van der Waals surface area contributed by atoms with E-state index in [2.05, 4.69) is 16.8 Å². The van der Waals surface area contributed by atoms with Gasteiger partial charge in [-0.3, -0.25) is 0 Å². The van der Waals surface area contributed by atoms with Crippen LogP contribution in [-0.2, 0) is 0 Å². The van der Waals surface area contributed by atoms with Crippen molar-refractivity contribution in [2.24, 2.45) is 0 Å². The van der Waals surface area contributed by atoms with Crippen LogP contribution in [0.1, 0.15) is 22.3 Å². The molecule has 114 valence electrons. The SMILES string of the molecule is O=C(O)c1cccc(C#CCCO)c1-c1ccc2cc[nH]c2c1. The van der Waals surface area contributed by atoms with Crippen LogP contribution in [0, 0.1) is 11.8 Å². The first-order chi connectivity index (χ1) is 11.2. The number of fused-ring (bicyclic) bond motifs is 1. The molecule has 0 aliphatic heterocycles. The lowest BCUT2D eigenvalue weighted by Gasteiger charge is -2.09. The van der Waals surface area contributed by atoms with E-state index in [9.17, 15) is 9.90 Å². The zero-order valence-corrected chi connectivity index (χ0v) is 12.3. The van der Waals surface area contributed by atoms with Gasteiger partial charge in [-0.25, -0.2) is 4.79 Å². The Morgan fingerprint density at radius 3 is 2.83 bits per heavy atom. The minimum absolute atomic E-state index is 0.0185. The maximum absolute atomic E-state index is 11.6. The fourth-order valence-electron chi connectivity index (χ4n) is 2.56. The van der Waals surface area contributed by atoms with Crippen molar-refractivity contribution < 1.29 is 15.0 Å². The molecular formula is C19H15NO3. The van der Waals surface area contributed by atoms with Crippen molar-refractivity contribution in [1.29, 1.82) is 0 Å². The number of nitrogens with one attached hydrogen (secondary N) is 1. The van der Waals surface area contributed by atoms with Gasteiger partial charge in [-0.1, -0.05) is 30.0 Å². The molecular weight excluding hydrogens is 290 g/mol. The Morgan fingerprint density at radius 1 is 1.17 bits per heavy atom. The summed E-state index contributed by atoms with van der Waals surface area (Å²) in [4.78, 5) is 14.7. The van der Waals surface area contributed by atoms with Crippen LogP contribution < -0.4 is 0 Å². The average molecular weight is 305 g/mol. The fraction of sp³-hybridized carbons (Fsp3) is 0.105. The number of benzene rings is 2. The highest BCUT2D eigenvalue weighted by atomic mass is 16.4. The topological polar surface area (TPSA) is 73.3 Å². The summed E-state index contributed by atoms with van der Waals surface area (Å²) in [5, 5.41) is 19.4. The molecule has 0 saturated carbocycles. The molecule has 0 radical (unpaired) electrons. The second-order valence-corrected chi connectivity index (χ2v) is 5.09. The fourth-order valence-corrected chi connectivity index (χ4v) is 2.56. The number of hydrogen-bond donors (Lipinski definition) is 3. The quantitative estimate of drug-likeness (QED) is 0.650. The Balaban J connectivity index is 2.22. The number of aromatic amines is 1. The normalized spacial score (nSPS) is 10.3. The molecule has 0 amide bonds. The number of rotatable bonds is 3. The van der Waals surface area contributed by atoms with Crippen LogP contribution in [0.25, 0.3) is 22.0 Å². The van der Waals surface area contributed by atoms with Crippen molar-refractivity contribution in [1.82, 2.24) is 4.98 Å². The summed E-state index contributed by atoms with van der Waals surface area (Å²) in [6.45, 7) is -0.0185. The molecule has 0 aliphatic carbocycles. The molecule has 0 bridgehead atoms. The maximum Gasteiger partial charge on any atom is 0.336 e. The number of H-pyrrole nitrogens is 1. The highest BCUT2D eigenvalue weighted by molar-refractivity contribution is 5.99. The van der Waals surface area contributed by atoms with Crippen molar-refractivity contribution in [2.75, 3.05) is 6.61 Å². The molecule has 1 heterocycles. The molecule has 0 fully saturated rings. The second kappa shape index (κ2) is 6.39. The van der Waals surface area contributed by atoms with Gasteiger partial charge in [0.15, 0.2) is 0 Å². The summed E-state index contributed by atoms with van der Waals surface area (Å²) in [7, 11) is 0. The molecule has 0 unspecified atom stereocenters. The van der Waals surface area contributed by atoms with Crippen LogP contribution >= 0.6 is 0 Å². The summed E-state index contributed by atoms with van der Waals surface area (Å²) in [6, 6.07) is 12.8. The van der Waals surface area contributed by atoms with Crippen molar-refractivity contribution in [3.63, 3.8) is 0 Å². The van der Waals surface area contributed by atoms with Crippen LogP contribution in [-0.4, -0.2) is 27.8 Å². The van der Waals surface area contributed by atoms with Gasteiger partial charge in [0.25, 0.3) is 0 Å². The van der Waals surface area contributed by atoms with Gasteiger partial charge >= 0.3 is 5.97 Å². The monoisotopic (exact) mass is 305 g/mol. The predicted molar refractivity (Wildman–Crippen MR) is 89.3 cm³/mol. The van der Waals surface area contributed by atoms with Crippen molar-refractivity contribution in [2.45, 2.75) is 6.42 Å². The Hall–Kier alpha value is -3.03. The van der Waals surface area contributed by atoms with Gasteiger partial charge in [-0.05, 0) is 35.2 Å². The number of aliphatic hydroxyl groups is 1. The van der Waals surface area contributed by atoms with E-state index >= 15 is 0 Å². The second-order valence-electron chi connectivity index (χ2n) is 5.09. The van der Waals surface area contributed by atoms with Crippen molar-refractivity contribution in [3.8, 4) is 23.0 Å². The minimum Gasteiger partial charge on any atom is -0.478 e. The lowest BCUT2D eigenvalue weighted by atomic mass is 9.94. The molecule has 0 saturated heterocycles. The number of carbonyl (C=O) groups is 1. The average Bonchev–Trinajstić information content (AvgIpc) is 3.02. The van der Waals surface area contributed by atoms with Gasteiger partial charge in [0, 0.05) is 29.3 Å². The molecule has 3 aromatic rings. The van der Waals surface area contributed by atoms with Gasteiger partial charge in [-0.2, -0.15) is 0 Å². The number of aliphatic hydroxyl groups excluding tert-OH is 1. The van der Waals surface area contributed by atoms with E-state index in [4.69, 9.17) is 5.11 Å². The number of aromatic nitrogens is 1. The van der Waals surface area contributed by atoms with Gasteiger partial charge in [0.05, 0.1) is 12.2 Å². The van der Waals surface area contributed by atoms with Gasteiger partial charge < -0.3 is 15.2 Å². The predicted octanol–water partition coefficient (Wildman–Crippen LogP) is 3.27. The van der Waals surface area contributed by atoms with Crippen LogP contribution in [0.4, 0.5) is 0 Å². The number of hydrogen-bond acceptors (Lipinski definition) is 2. The Labute approximate surface area is 133 Å². The third-order valence-corrected chi connectivity index (χ3v) is 3.60. The van der Waals surface area contributed by atoms with E-state index in [-0.39, 0.29) is 12.2 Å². The van der Waals surface area contributed by atoms with E-state index in [1.165, 1.54) is 0 Å².